The summed E-state index contributed by atoms with van der Waals surface area (Å²) in [7, 11) is -2.66. The predicted molar refractivity (Wildman–Crippen MR) is 89.0 cm³/mol. The highest BCUT2D eigenvalue weighted by Gasteiger charge is 2.21. The minimum atomic E-state index is -4.00. The third kappa shape index (κ3) is 3.71. The number of nitro benzene ring substituents is 1. The van der Waals surface area contributed by atoms with Gasteiger partial charge < -0.3 is 10.5 Å². The second-order valence-corrected chi connectivity index (χ2v) is 7.00. The molecule has 8 nitrogen and oxygen atoms in total. The van der Waals surface area contributed by atoms with Crippen LogP contribution in [0.3, 0.4) is 0 Å². The molecule has 0 amide bonds. The number of nitrogens with two attached hydrogens (primary N) is 1. The molecule has 0 heterocycles. The van der Waals surface area contributed by atoms with Crippen LogP contribution in [0.5, 0.6) is 5.75 Å². The van der Waals surface area contributed by atoms with Crippen molar-refractivity contribution in [3.05, 3.63) is 51.0 Å². The molecule has 0 atom stereocenters. The van der Waals surface area contributed by atoms with Crippen LogP contribution in [0.1, 0.15) is 0 Å². The van der Waals surface area contributed by atoms with Gasteiger partial charge in [-0.1, -0.05) is 15.9 Å². The number of benzene rings is 2. The number of nitro groups is 1. The summed E-state index contributed by atoms with van der Waals surface area (Å²) in [4.78, 5) is 10.1. The first kappa shape index (κ1) is 17.0. The van der Waals surface area contributed by atoms with Gasteiger partial charge in [0.15, 0.2) is 0 Å². The molecule has 3 N–H and O–H groups in total. The summed E-state index contributed by atoms with van der Waals surface area (Å²) in [6.45, 7) is 0. The van der Waals surface area contributed by atoms with Gasteiger partial charge in [-0.05, 0) is 30.3 Å². The SMILES string of the molecule is COc1ccc(Br)cc1S(=O)(=O)Nc1ccc(N)c([N+](=O)[O-])c1. The number of rotatable bonds is 5. The van der Waals surface area contributed by atoms with Gasteiger partial charge in [0.25, 0.3) is 15.7 Å². The Morgan fingerprint density at radius 2 is 1.96 bits per heavy atom. The zero-order valence-electron chi connectivity index (χ0n) is 11.8. The first-order valence-electron chi connectivity index (χ1n) is 6.15. The van der Waals surface area contributed by atoms with E-state index in [1.165, 1.54) is 31.4 Å². The number of nitrogens with zero attached hydrogens (tertiary/aromatic N) is 1. The number of halogens is 1. The molecule has 0 aliphatic heterocycles. The summed E-state index contributed by atoms with van der Waals surface area (Å²) >= 11 is 3.19. The Morgan fingerprint density at radius 1 is 1.26 bits per heavy atom. The molecular formula is C13H12BrN3O5S. The van der Waals surface area contributed by atoms with Gasteiger partial charge in [0.2, 0.25) is 0 Å². The van der Waals surface area contributed by atoms with Crippen LogP contribution >= 0.6 is 15.9 Å². The molecule has 0 radical (unpaired) electrons. The molecule has 2 aromatic carbocycles. The number of nitrogens with one attached hydrogen (secondary N) is 1. The molecule has 2 aromatic rings. The van der Waals surface area contributed by atoms with E-state index in [1.807, 2.05) is 0 Å². The van der Waals surface area contributed by atoms with Gasteiger partial charge in [-0.2, -0.15) is 0 Å². The van der Waals surface area contributed by atoms with E-state index in [0.717, 1.165) is 6.07 Å². The van der Waals surface area contributed by atoms with Crippen molar-refractivity contribution in [2.75, 3.05) is 17.6 Å². The molecule has 0 bridgehead atoms. The van der Waals surface area contributed by atoms with Crippen molar-refractivity contribution in [1.82, 2.24) is 0 Å². The highest BCUT2D eigenvalue weighted by molar-refractivity contribution is 9.10. The maximum absolute atomic E-state index is 12.5. The van der Waals surface area contributed by atoms with Gasteiger partial charge in [0, 0.05) is 10.5 Å². The van der Waals surface area contributed by atoms with Crippen LogP contribution in [0, 0.1) is 10.1 Å². The highest BCUT2D eigenvalue weighted by atomic mass is 79.9. The van der Waals surface area contributed by atoms with Crippen molar-refractivity contribution in [3.63, 3.8) is 0 Å². The lowest BCUT2D eigenvalue weighted by Crippen LogP contribution is -2.14. The average molecular weight is 402 g/mol. The largest absolute Gasteiger partial charge is 0.495 e. The topological polar surface area (TPSA) is 125 Å². The Kier molecular flexibility index (Phi) is 4.76. The van der Waals surface area contributed by atoms with Crippen molar-refractivity contribution in [3.8, 4) is 5.75 Å². The van der Waals surface area contributed by atoms with Crippen LogP contribution in [0.25, 0.3) is 0 Å². The van der Waals surface area contributed by atoms with Crippen molar-refractivity contribution in [2.24, 2.45) is 0 Å². The third-order valence-corrected chi connectivity index (χ3v) is 4.79. The van der Waals surface area contributed by atoms with Crippen LogP contribution in [-0.4, -0.2) is 20.5 Å². The van der Waals surface area contributed by atoms with Crippen LogP contribution in [0.2, 0.25) is 0 Å². The Labute approximate surface area is 140 Å². The van der Waals surface area contributed by atoms with Gasteiger partial charge in [0.1, 0.15) is 16.3 Å². The summed E-state index contributed by atoms with van der Waals surface area (Å²) < 4.78 is 32.8. The van der Waals surface area contributed by atoms with E-state index in [9.17, 15) is 18.5 Å². The zero-order valence-corrected chi connectivity index (χ0v) is 14.2. The Bertz CT molecular complexity index is 870. The van der Waals surface area contributed by atoms with Gasteiger partial charge in [-0.3, -0.25) is 14.8 Å². The molecule has 0 aromatic heterocycles. The van der Waals surface area contributed by atoms with Crippen LogP contribution in [-0.2, 0) is 10.0 Å². The molecule has 0 unspecified atom stereocenters. The predicted octanol–water partition coefficient (Wildman–Crippen LogP) is 2.75. The van der Waals surface area contributed by atoms with E-state index in [1.54, 1.807) is 6.07 Å². The van der Waals surface area contributed by atoms with E-state index < -0.39 is 14.9 Å². The van der Waals surface area contributed by atoms with Gasteiger partial charge in [-0.25, -0.2) is 8.42 Å². The number of sulfonamides is 1. The van der Waals surface area contributed by atoms with E-state index >= 15 is 0 Å². The minimum Gasteiger partial charge on any atom is -0.495 e. The normalized spacial score (nSPS) is 11.0. The monoisotopic (exact) mass is 401 g/mol. The molecule has 23 heavy (non-hydrogen) atoms. The molecule has 10 heteroatoms. The molecule has 0 aliphatic rings. The van der Waals surface area contributed by atoms with E-state index in [0.29, 0.717) is 4.47 Å². The fourth-order valence-electron chi connectivity index (χ4n) is 1.84. The minimum absolute atomic E-state index is 0.0212. The molecule has 0 saturated heterocycles. The maximum Gasteiger partial charge on any atom is 0.294 e. The molecule has 0 saturated carbocycles. The van der Waals surface area contributed by atoms with Gasteiger partial charge in [0.05, 0.1) is 17.7 Å². The quantitative estimate of drug-likeness (QED) is 0.450. The van der Waals surface area contributed by atoms with Gasteiger partial charge in [-0.15, -0.1) is 0 Å². The molecular weight excluding hydrogens is 390 g/mol. The zero-order chi connectivity index (χ0) is 17.2. The molecule has 0 spiro atoms. The third-order valence-electron chi connectivity index (χ3n) is 2.89. The summed E-state index contributed by atoms with van der Waals surface area (Å²) in [5.41, 5.74) is 5.07. The lowest BCUT2D eigenvalue weighted by atomic mass is 10.2. The standard InChI is InChI=1S/C13H12BrN3O5S/c1-22-12-5-2-8(14)6-13(12)23(20,21)16-9-3-4-10(15)11(7-9)17(18)19/h2-7,16H,15H2,1H3. The van der Waals surface area contributed by atoms with Crippen LogP contribution in [0.4, 0.5) is 17.1 Å². The van der Waals surface area contributed by atoms with E-state index in [-0.39, 0.29) is 27.7 Å². The molecule has 2 rings (SSSR count). The van der Waals surface area contributed by atoms with Crippen molar-refractivity contribution in [2.45, 2.75) is 4.90 Å². The lowest BCUT2D eigenvalue weighted by molar-refractivity contribution is -0.383. The van der Waals surface area contributed by atoms with Crippen LogP contribution < -0.4 is 15.2 Å². The lowest BCUT2D eigenvalue weighted by Gasteiger charge is -2.12. The first-order chi connectivity index (χ1) is 10.7. The second-order valence-electron chi connectivity index (χ2n) is 4.43. The van der Waals surface area contributed by atoms with Crippen molar-refractivity contribution < 1.29 is 18.1 Å². The van der Waals surface area contributed by atoms with Crippen LogP contribution in [0.15, 0.2) is 45.8 Å². The number of hydrogen-bond acceptors (Lipinski definition) is 6. The van der Waals surface area contributed by atoms with E-state index in [2.05, 4.69) is 20.7 Å². The Morgan fingerprint density at radius 3 is 2.57 bits per heavy atom. The molecule has 122 valence electrons. The van der Waals surface area contributed by atoms with Gasteiger partial charge >= 0.3 is 0 Å². The average Bonchev–Trinajstić information content (AvgIpc) is 2.48. The number of hydrogen-bond donors (Lipinski definition) is 2. The fraction of sp³-hybridized carbons (Fsp3) is 0.0769. The fourth-order valence-corrected chi connectivity index (χ4v) is 3.59. The first-order valence-corrected chi connectivity index (χ1v) is 8.42. The van der Waals surface area contributed by atoms with E-state index in [4.69, 9.17) is 10.5 Å². The molecule has 0 aliphatic carbocycles. The van der Waals surface area contributed by atoms with Crippen molar-refractivity contribution >= 4 is 43.0 Å². The second kappa shape index (κ2) is 6.42. The summed E-state index contributed by atoms with van der Waals surface area (Å²) in [6, 6.07) is 8.14. The Balaban J connectivity index is 2.45. The highest BCUT2D eigenvalue weighted by Crippen LogP contribution is 2.31. The number of ether oxygens (including phenoxy) is 1. The number of anilines is 2. The summed E-state index contributed by atoms with van der Waals surface area (Å²) in [5, 5.41) is 10.9. The smallest absolute Gasteiger partial charge is 0.294 e. The maximum atomic E-state index is 12.5. The molecule has 0 fully saturated rings. The summed E-state index contributed by atoms with van der Waals surface area (Å²) in [6.07, 6.45) is 0. The number of nitrogen functional groups attached to an aromatic ring is 1. The summed E-state index contributed by atoms with van der Waals surface area (Å²) in [5.74, 6) is 0.144. The number of methoxy groups -OCH3 is 1. The van der Waals surface area contributed by atoms with Crippen molar-refractivity contribution in [1.29, 1.82) is 0 Å². The Hall–Kier alpha value is -2.33.